The van der Waals surface area contributed by atoms with E-state index in [0.717, 1.165) is 5.69 Å². The third-order valence-electron chi connectivity index (χ3n) is 4.91. The maximum atomic E-state index is 12.5. The minimum atomic E-state index is -0.349. The molecule has 1 atom stereocenters. The Hall–Kier alpha value is -2.97. The first-order chi connectivity index (χ1) is 13.5. The van der Waals surface area contributed by atoms with E-state index in [0.29, 0.717) is 45.1 Å². The SMILES string of the molecule is CCOC(=O)N1CCN(C(=O)N[C@H]2CC(=O)N(c3cccc(OC)c3)C2)CC1. The number of carbonyl (C=O) groups is 3. The smallest absolute Gasteiger partial charge is 0.409 e. The Morgan fingerprint density at radius 1 is 1.18 bits per heavy atom. The molecule has 2 aliphatic heterocycles. The molecule has 0 spiro atoms. The van der Waals surface area contributed by atoms with Crippen molar-refractivity contribution >= 4 is 23.7 Å². The number of amides is 4. The van der Waals surface area contributed by atoms with Crippen molar-refractivity contribution in [3.63, 3.8) is 0 Å². The van der Waals surface area contributed by atoms with E-state index in [9.17, 15) is 14.4 Å². The number of nitrogens with one attached hydrogen (secondary N) is 1. The summed E-state index contributed by atoms with van der Waals surface area (Å²) in [5.74, 6) is 0.642. The van der Waals surface area contributed by atoms with Crippen LogP contribution in [0.4, 0.5) is 15.3 Å². The quantitative estimate of drug-likeness (QED) is 0.836. The first-order valence-electron chi connectivity index (χ1n) is 9.43. The predicted molar refractivity (Wildman–Crippen MR) is 102 cm³/mol. The van der Waals surface area contributed by atoms with Crippen LogP contribution in [0.3, 0.4) is 0 Å². The summed E-state index contributed by atoms with van der Waals surface area (Å²) >= 11 is 0. The van der Waals surface area contributed by atoms with Gasteiger partial charge in [0.25, 0.3) is 0 Å². The minimum Gasteiger partial charge on any atom is -0.497 e. The molecule has 9 heteroatoms. The van der Waals surface area contributed by atoms with Crippen LogP contribution >= 0.6 is 0 Å². The van der Waals surface area contributed by atoms with Gasteiger partial charge in [0, 0.05) is 50.9 Å². The lowest BCUT2D eigenvalue weighted by molar-refractivity contribution is -0.117. The lowest BCUT2D eigenvalue weighted by Crippen LogP contribution is -2.54. The Balaban J connectivity index is 1.51. The van der Waals surface area contributed by atoms with Crippen molar-refractivity contribution in [1.82, 2.24) is 15.1 Å². The predicted octanol–water partition coefficient (Wildman–Crippen LogP) is 1.28. The van der Waals surface area contributed by atoms with Crippen molar-refractivity contribution in [2.45, 2.75) is 19.4 Å². The molecule has 2 aliphatic rings. The maximum absolute atomic E-state index is 12.5. The summed E-state index contributed by atoms with van der Waals surface area (Å²) in [6.07, 6.45) is -0.0935. The van der Waals surface area contributed by atoms with Crippen molar-refractivity contribution in [2.24, 2.45) is 0 Å². The van der Waals surface area contributed by atoms with Gasteiger partial charge in [-0.1, -0.05) is 6.07 Å². The molecule has 1 aromatic carbocycles. The van der Waals surface area contributed by atoms with E-state index >= 15 is 0 Å². The highest BCUT2D eigenvalue weighted by atomic mass is 16.6. The topological polar surface area (TPSA) is 91.4 Å². The van der Waals surface area contributed by atoms with E-state index < -0.39 is 0 Å². The molecule has 1 aromatic rings. The summed E-state index contributed by atoms with van der Waals surface area (Å²) in [6, 6.07) is 6.83. The Morgan fingerprint density at radius 3 is 2.57 bits per heavy atom. The second-order valence-electron chi connectivity index (χ2n) is 6.73. The number of nitrogens with zero attached hydrogens (tertiary/aromatic N) is 3. The Labute approximate surface area is 164 Å². The molecule has 4 amide bonds. The molecule has 3 rings (SSSR count). The third kappa shape index (κ3) is 4.47. The number of anilines is 1. The van der Waals surface area contributed by atoms with Crippen molar-refractivity contribution in [3.05, 3.63) is 24.3 Å². The van der Waals surface area contributed by atoms with Crippen LogP contribution in [0.5, 0.6) is 5.75 Å². The van der Waals surface area contributed by atoms with Crippen LogP contribution < -0.4 is 15.0 Å². The molecule has 0 aliphatic carbocycles. The van der Waals surface area contributed by atoms with E-state index in [1.54, 1.807) is 34.8 Å². The summed E-state index contributed by atoms with van der Waals surface area (Å²) in [7, 11) is 1.58. The number of hydrogen-bond acceptors (Lipinski definition) is 5. The average molecular weight is 390 g/mol. The van der Waals surface area contributed by atoms with Gasteiger partial charge >= 0.3 is 12.1 Å². The fourth-order valence-corrected chi connectivity index (χ4v) is 3.40. The highest BCUT2D eigenvalue weighted by Gasteiger charge is 2.33. The molecule has 0 radical (unpaired) electrons. The molecule has 2 heterocycles. The first kappa shape index (κ1) is 19.8. The van der Waals surface area contributed by atoms with Crippen LogP contribution in [0.2, 0.25) is 0 Å². The lowest BCUT2D eigenvalue weighted by Gasteiger charge is -2.34. The zero-order chi connectivity index (χ0) is 20.1. The van der Waals surface area contributed by atoms with Crippen LogP contribution in [0, 0.1) is 0 Å². The number of ether oxygens (including phenoxy) is 2. The number of rotatable bonds is 4. The molecule has 9 nitrogen and oxygen atoms in total. The molecule has 2 saturated heterocycles. The van der Waals surface area contributed by atoms with Crippen LogP contribution in [0.15, 0.2) is 24.3 Å². The van der Waals surface area contributed by atoms with Gasteiger partial charge in [-0.05, 0) is 19.1 Å². The van der Waals surface area contributed by atoms with Gasteiger partial charge in [0.2, 0.25) is 5.91 Å². The average Bonchev–Trinajstić information content (AvgIpc) is 3.08. The Bertz CT molecular complexity index is 733. The number of piperazine rings is 1. The van der Waals surface area contributed by atoms with Gasteiger partial charge in [-0.25, -0.2) is 9.59 Å². The van der Waals surface area contributed by atoms with Crippen molar-refractivity contribution in [2.75, 3.05) is 51.3 Å². The largest absolute Gasteiger partial charge is 0.497 e. The van der Waals surface area contributed by atoms with Crippen molar-refractivity contribution in [3.8, 4) is 5.75 Å². The zero-order valence-corrected chi connectivity index (χ0v) is 16.2. The van der Waals surface area contributed by atoms with Gasteiger partial charge in [-0.2, -0.15) is 0 Å². The fraction of sp³-hybridized carbons (Fsp3) is 0.526. The van der Waals surface area contributed by atoms with Gasteiger partial charge in [0.05, 0.1) is 19.8 Å². The van der Waals surface area contributed by atoms with E-state index in [4.69, 9.17) is 9.47 Å². The van der Waals surface area contributed by atoms with Crippen molar-refractivity contribution < 1.29 is 23.9 Å². The molecular weight excluding hydrogens is 364 g/mol. The number of urea groups is 1. The van der Waals surface area contributed by atoms with Gasteiger partial charge in [-0.15, -0.1) is 0 Å². The highest BCUT2D eigenvalue weighted by molar-refractivity contribution is 5.97. The van der Waals surface area contributed by atoms with E-state index in [1.807, 2.05) is 18.2 Å². The standard InChI is InChI=1S/C19H26N4O5/c1-3-28-19(26)22-9-7-21(8-10-22)18(25)20-14-11-17(24)23(13-14)15-5-4-6-16(12-15)27-2/h4-6,12,14H,3,7-11,13H2,1-2H3,(H,20,25)/t14-/m0/s1. The van der Waals surface area contributed by atoms with Gasteiger partial charge in [0.15, 0.2) is 0 Å². The second-order valence-corrected chi connectivity index (χ2v) is 6.73. The zero-order valence-electron chi connectivity index (χ0n) is 16.2. The molecule has 2 fully saturated rings. The molecule has 0 saturated carbocycles. The molecular formula is C19H26N4O5. The second kappa shape index (κ2) is 8.81. The number of hydrogen-bond donors (Lipinski definition) is 1. The summed E-state index contributed by atoms with van der Waals surface area (Å²) in [4.78, 5) is 41.6. The maximum Gasteiger partial charge on any atom is 0.409 e. The molecule has 28 heavy (non-hydrogen) atoms. The normalized spacial score (nSPS) is 19.6. The number of benzene rings is 1. The lowest BCUT2D eigenvalue weighted by atomic mass is 10.2. The van der Waals surface area contributed by atoms with Gasteiger partial charge in [-0.3, -0.25) is 4.79 Å². The molecule has 0 bridgehead atoms. The van der Waals surface area contributed by atoms with Crippen molar-refractivity contribution in [1.29, 1.82) is 0 Å². The molecule has 0 aromatic heterocycles. The van der Waals surface area contributed by atoms with Gasteiger partial charge in [0.1, 0.15) is 5.75 Å². The number of carbonyl (C=O) groups excluding carboxylic acids is 3. The Morgan fingerprint density at radius 2 is 1.89 bits per heavy atom. The fourth-order valence-electron chi connectivity index (χ4n) is 3.40. The van der Waals surface area contributed by atoms with Crippen LogP contribution in [-0.2, 0) is 9.53 Å². The minimum absolute atomic E-state index is 0.0364. The summed E-state index contributed by atoms with van der Waals surface area (Å²) in [5, 5.41) is 2.94. The van der Waals surface area contributed by atoms with Crippen LogP contribution in [0.25, 0.3) is 0 Å². The van der Waals surface area contributed by atoms with E-state index in [1.165, 1.54) is 0 Å². The van der Waals surface area contributed by atoms with Crippen LogP contribution in [-0.4, -0.2) is 80.3 Å². The van der Waals surface area contributed by atoms with Crippen LogP contribution in [0.1, 0.15) is 13.3 Å². The van der Waals surface area contributed by atoms with E-state index in [-0.39, 0.29) is 30.5 Å². The van der Waals surface area contributed by atoms with Gasteiger partial charge < -0.3 is 29.5 Å². The summed E-state index contributed by atoms with van der Waals surface area (Å²) < 4.78 is 10.2. The Kier molecular flexibility index (Phi) is 6.23. The molecule has 0 unspecified atom stereocenters. The first-order valence-corrected chi connectivity index (χ1v) is 9.43. The molecule has 152 valence electrons. The summed E-state index contributed by atoms with van der Waals surface area (Å²) in [6.45, 7) is 4.26. The highest BCUT2D eigenvalue weighted by Crippen LogP contribution is 2.25. The third-order valence-corrected chi connectivity index (χ3v) is 4.91. The summed E-state index contributed by atoms with van der Waals surface area (Å²) in [5.41, 5.74) is 0.754. The van der Waals surface area contributed by atoms with E-state index in [2.05, 4.69) is 5.32 Å². The molecule has 1 N–H and O–H groups in total. The number of methoxy groups -OCH3 is 1. The monoisotopic (exact) mass is 390 g/mol.